The van der Waals surface area contributed by atoms with Gasteiger partial charge in [0.15, 0.2) is 11.6 Å². The van der Waals surface area contributed by atoms with E-state index in [-0.39, 0.29) is 23.4 Å². The van der Waals surface area contributed by atoms with E-state index in [1.54, 1.807) is 18.2 Å². The molecule has 158 valence electrons. The van der Waals surface area contributed by atoms with Crippen LogP contribution in [0.3, 0.4) is 0 Å². The predicted octanol–water partition coefficient (Wildman–Crippen LogP) is 2.18. The maximum absolute atomic E-state index is 12.9. The highest BCUT2D eigenvalue weighted by Gasteiger charge is 2.41. The van der Waals surface area contributed by atoms with E-state index in [4.69, 9.17) is 0 Å². The van der Waals surface area contributed by atoms with Crippen molar-refractivity contribution in [2.45, 2.75) is 31.6 Å². The van der Waals surface area contributed by atoms with Gasteiger partial charge in [0.2, 0.25) is 0 Å². The Morgan fingerprint density at radius 2 is 2.07 bits per heavy atom. The van der Waals surface area contributed by atoms with Gasteiger partial charge in [0.1, 0.15) is 11.7 Å². The van der Waals surface area contributed by atoms with Crippen LogP contribution < -0.4 is 20.4 Å². The van der Waals surface area contributed by atoms with Crippen LogP contribution in [0.4, 0.5) is 35.3 Å². The molecule has 2 aliphatic rings. The Balaban J connectivity index is 1.63. The highest BCUT2D eigenvalue weighted by molar-refractivity contribution is 6.05. The minimum Gasteiger partial charge on any atom is -0.366 e. The summed E-state index contributed by atoms with van der Waals surface area (Å²) in [6.07, 6.45) is -2.41. The first kappa shape index (κ1) is 19.9. The van der Waals surface area contributed by atoms with Crippen molar-refractivity contribution in [2.75, 3.05) is 28.2 Å². The fraction of sp³-hybridized carbons (Fsp3) is 0.389. The molecule has 0 saturated carbocycles. The van der Waals surface area contributed by atoms with Gasteiger partial charge in [-0.1, -0.05) is 0 Å². The van der Waals surface area contributed by atoms with Crippen molar-refractivity contribution in [3.8, 4) is 0 Å². The van der Waals surface area contributed by atoms with E-state index < -0.39 is 24.2 Å². The lowest BCUT2D eigenvalue weighted by Gasteiger charge is -2.35. The number of anilines is 3. The Morgan fingerprint density at radius 1 is 1.27 bits per heavy atom. The number of carbonyl (C=O) groups is 2. The van der Waals surface area contributed by atoms with Gasteiger partial charge in [-0.3, -0.25) is 15.0 Å². The molecule has 2 aromatic rings. The molecule has 1 fully saturated rings. The molecule has 1 saturated heterocycles. The molecule has 4 rings (SSSR count). The van der Waals surface area contributed by atoms with Gasteiger partial charge in [0, 0.05) is 19.3 Å². The summed E-state index contributed by atoms with van der Waals surface area (Å²) in [7, 11) is 0. The van der Waals surface area contributed by atoms with Crippen LogP contribution in [0.25, 0.3) is 0 Å². The number of hydrogen-bond acceptors (Lipinski definition) is 6. The fourth-order valence-electron chi connectivity index (χ4n) is 3.49. The number of pyridine rings is 1. The van der Waals surface area contributed by atoms with Gasteiger partial charge in [-0.05, 0) is 37.6 Å². The third-order valence-electron chi connectivity index (χ3n) is 5.05. The zero-order valence-corrected chi connectivity index (χ0v) is 15.8. The molecule has 12 heteroatoms. The van der Waals surface area contributed by atoms with Gasteiger partial charge in [-0.15, -0.1) is 5.10 Å². The van der Waals surface area contributed by atoms with Crippen LogP contribution in [-0.4, -0.2) is 58.5 Å². The van der Waals surface area contributed by atoms with Gasteiger partial charge in [-0.2, -0.15) is 18.3 Å². The number of alkyl halides is 3. The molecule has 2 atom stereocenters. The minimum absolute atomic E-state index is 0.186. The minimum atomic E-state index is -4.57. The largest absolute Gasteiger partial charge is 0.408 e. The third kappa shape index (κ3) is 3.72. The van der Waals surface area contributed by atoms with Crippen LogP contribution in [0.5, 0.6) is 0 Å². The Morgan fingerprint density at radius 3 is 2.77 bits per heavy atom. The van der Waals surface area contributed by atoms with Crippen molar-refractivity contribution >= 4 is 29.3 Å². The zero-order chi connectivity index (χ0) is 21.5. The number of nitrogens with zero attached hydrogens (tertiary/aromatic N) is 5. The lowest BCUT2D eigenvalue weighted by Crippen LogP contribution is -2.49. The van der Waals surface area contributed by atoms with E-state index >= 15 is 0 Å². The van der Waals surface area contributed by atoms with Gasteiger partial charge < -0.3 is 10.2 Å². The average Bonchev–Trinajstić information content (AvgIpc) is 3.12. The number of carbonyl (C=O) groups excluding carboxylic acids is 2. The van der Waals surface area contributed by atoms with E-state index in [9.17, 15) is 22.8 Å². The number of fused-ring (bicyclic) bond motifs is 4. The summed E-state index contributed by atoms with van der Waals surface area (Å²) in [6.45, 7) is 2.15. The SMILES string of the molecule is CC(NC(=O)c1ccc2c(n1)N(C(=O)Nc1cccnn1)[C@H]1CCN2C1)C(F)(F)F. The molecule has 3 amide bonds. The molecule has 0 aromatic carbocycles. The quantitative estimate of drug-likeness (QED) is 0.788. The summed E-state index contributed by atoms with van der Waals surface area (Å²) in [6, 6.07) is 3.43. The van der Waals surface area contributed by atoms with Crippen molar-refractivity contribution < 1.29 is 22.8 Å². The van der Waals surface area contributed by atoms with Gasteiger partial charge >= 0.3 is 12.2 Å². The number of hydrogen-bond donors (Lipinski definition) is 2. The van der Waals surface area contributed by atoms with Crippen LogP contribution in [0, 0.1) is 0 Å². The molecule has 0 spiro atoms. The molecule has 4 heterocycles. The first-order chi connectivity index (χ1) is 14.2. The highest BCUT2D eigenvalue weighted by Crippen LogP contribution is 2.39. The first-order valence-corrected chi connectivity index (χ1v) is 9.25. The van der Waals surface area contributed by atoms with E-state index in [0.29, 0.717) is 25.2 Å². The van der Waals surface area contributed by atoms with Gasteiger partial charge in [0.25, 0.3) is 5.91 Å². The predicted molar refractivity (Wildman–Crippen MR) is 101 cm³/mol. The van der Waals surface area contributed by atoms with Crippen LogP contribution in [0.15, 0.2) is 30.5 Å². The van der Waals surface area contributed by atoms with Crippen LogP contribution >= 0.6 is 0 Å². The third-order valence-corrected chi connectivity index (χ3v) is 5.05. The van der Waals surface area contributed by atoms with E-state index in [2.05, 4.69) is 20.5 Å². The van der Waals surface area contributed by atoms with Crippen molar-refractivity contribution in [2.24, 2.45) is 0 Å². The zero-order valence-electron chi connectivity index (χ0n) is 15.8. The fourth-order valence-corrected chi connectivity index (χ4v) is 3.49. The molecule has 2 N–H and O–H groups in total. The molecule has 2 aromatic heterocycles. The summed E-state index contributed by atoms with van der Waals surface area (Å²) < 4.78 is 38.3. The first-order valence-electron chi connectivity index (χ1n) is 9.25. The second kappa shape index (κ2) is 7.43. The standard InChI is InChI=1S/C18H18F3N7O2/c1-10(18(19,20)21)23-16(29)12-4-5-13-15(24-12)28(11-6-8-27(13)9-11)17(30)25-14-3-2-7-22-26-14/h2-5,7,10-11H,6,8-9H2,1H3,(H,23,29)(H,25,26,30)/t10?,11-/m0/s1. The Labute approximate surface area is 169 Å². The van der Waals surface area contributed by atoms with Gasteiger partial charge in [0.05, 0.1) is 11.7 Å². The summed E-state index contributed by atoms with van der Waals surface area (Å²) >= 11 is 0. The van der Waals surface area contributed by atoms with Crippen LogP contribution in [0.2, 0.25) is 0 Å². The number of halogens is 3. The van der Waals surface area contributed by atoms with E-state index in [1.807, 2.05) is 10.2 Å². The molecule has 1 unspecified atom stereocenters. The normalized spacial score (nSPS) is 18.6. The van der Waals surface area contributed by atoms with Crippen molar-refractivity contribution in [3.63, 3.8) is 0 Å². The molecule has 0 radical (unpaired) electrons. The summed E-state index contributed by atoms with van der Waals surface area (Å²) in [4.78, 5) is 33.0. The number of urea groups is 1. The molecule has 2 bridgehead atoms. The van der Waals surface area contributed by atoms with Crippen molar-refractivity contribution in [1.29, 1.82) is 0 Å². The number of amides is 3. The molecule has 30 heavy (non-hydrogen) atoms. The number of rotatable bonds is 3. The molecule has 2 aliphatic heterocycles. The molecular weight excluding hydrogens is 403 g/mol. The number of nitrogens with one attached hydrogen (secondary N) is 2. The summed E-state index contributed by atoms with van der Waals surface area (Å²) in [5.41, 5.74) is 0.433. The second-order valence-corrected chi connectivity index (χ2v) is 7.07. The Kier molecular flexibility index (Phi) is 4.92. The van der Waals surface area contributed by atoms with E-state index in [0.717, 1.165) is 6.92 Å². The monoisotopic (exact) mass is 421 g/mol. The summed E-state index contributed by atoms with van der Waals surface area (Å²) in [5, 5.41) is 12.1. The second-order valence-electron chi connectivity index (χ2n) is 7.07. The topological polar surface area (TPSA) is 103 Å². The van der Waals surface area contributed by atoms with E-state index in [1.165, 1.54) is 17.2 Å². The van der Waals surface area contributed by atoms with Gasteiger partial charge in [-0.25, -0.2) is 9.78 Å². The van der Waals surface area contributed by atoms with Crippen LogP contribution in [-0.2, 0) is 0 Å². The van der Waals surface area contributed by atoms with Crippen LogP contribution in [0.1, 0.15) is 23.8 Å². The van der Waals surface area contributed by atoms with Crippen molar-refractivity contribution in [3.05, 3.63) is 36.2 Å². The lowest BCUT2D eigenvalue weighted by molar-refractivity contribution is -0.149. The molecule has 0 aliphatic carbocycles. The molecular formula is C18H18F3N7O2. The smallest absolute Gasteiger partial charge is 0.366 e. The average molecular weight is 421 g/mol. The molecule has 9 nitrogen and oxygen atoms in total. The maximum atomic E-state index is 12.9. The summed E-state index contributed by atoms with van der Waals surface area (Å²) in [5.74, 6) is -0.500. The van der Waals surface area contributed by atoms with Crippen molar-refractivity contribution in [1.82, 2.24) is 20.5 Å². The Hall–Kier alpha value is -3.44. The Bertz CT molecular complexity index is 970. The lowest BCUT2D eigenvalue weighted by atomic mass is 10.1. The maximum Gasteiger partial charge on any atom is 0.408 e. The number of aromatic nitrogens is 3. The highest BCUT2D eigenvalue weighted by atomic mass is 19.4.